The molecule has 0 aromatic heterocycles. The third-order valence-corrected chi connectivity index (χ3v) is 1.21. The fourth-order valence-electron chi connectivity index (χ4n) is 0.777. The Bertz CT molecular complexity index is 66.0. The van der Waals surface area contributed by atoms with E-state index in [-0.39, 0.29) is 41.7 Å². The van der Waals surface area contributed by atoms with Gasteiger partial charge in [-0.05, 0) is 6.42 Å². The monoisotopic (exact) mass is 253 g/mol. The summed E-state index contributed by atoms with van der Waals surface area (Å²) in [7, 11) is 1.43. The first-order valence-electron chi connectivity index (χ1n) is 3.02. The Balaban J connectivity index is 0.000000640. The molecule has 0 N–H and O–H groups in total. The van der Waals surface area contributed by atoms with Crippen LogP contribution in [-0.4, -0.2) is 20.4 Å². The van der Waals surface area contributed by atoms with Crippen molar-refractivity contribution in [3.05, 3.63) is 0 Å². The summed E-state index contributed by atoms with van der Waals surface area (Å²) in [6.45, 7) is 2.88. The van der Waals surface area contributed by atoms with Gasteiger partial charge < -0.3 is 9.31 Å². The van der Waals surface area contributed by atoms with Crippen LogP contribution in [0, 0.1) is 41.7 Å². The van der Waals surface area contributed by atoms with Crippen molar-refractivity contribution in [1.29, 1.82) is 0 Å². The molecule has 0 amide bonds. The quantitative estimate of drug-likeness (QED) is 0.676. The minimum absolute atomic E-state index is 0. The topological polar surface area (TPSA) is 18.5 Å². The minimum Gasteiger partial charge on any atom is -0.411 e. The molecule has 1 heterocycles. The first-order chi connectivity index (χ1) is 3.93. The van der Waals surface area contributed by atoms with E-state index in [0.717, 1.165) is 13.0 Å². The van der Waals surface area contributed by atoms with E-state index < -0.39 is 0 Å². The first kappa shape index (κ1) is 10.4. The van der Waals surface area contributed by atoms with Crippen molar-refractivity contribution in [2.45, 2.75) is 25.9 Å². The van der Waals surface area contributed by atoms with Crippen LogP contribution >= 0.6 is 0 Å². The van der Waals surface area contributed by atoms with Gasteiger partial charge in [0, 0.05) is 41.7 Å². The summed E-state index contributed by atoms with van der Waals surface area (Å²) in [6, 6.07) is 0. The maximum Gasteiger partial charge on any atom is 0.488 e. The molecule has 1 atom stereocenters. The Morgan fingerprint density at radius 1 is 1.67 bits per heavy atom. The van der Waals surface area contributed by atoms with Crippen molar-refractivity contribution in [1.82, 2.24) is 0 Å². The molecule has 49 valence electrons. The Morgan fingerprint density at radius 3 is 2.89 bits per heavy atom. The van der Waals surface area contributed by atoms with E-state index in [9.17, 15) is 0 Å². The van der Waals surface area contributed by atoms with Crippen LogP contribution in [0.5, 0.6) is 0 Å². The van der Waals surface area contributed by atoms with Crippen molar-refractivity contribution < 1.29 is 51.1 Å². The van der Waals surface area contributed by atoms with Crippen LogP contribution in [0.4, 0.5) is 0 Å². The summed E-state index contributed by atoms with van der Waals surface area (Å²) >= 11 is 0. The fourth-order valence-corrected chi connectivity index (χ4v) is 0.777. The second kappa shape index (κ2) is 6.10. The minimum atomic E-state index is 0. The van der Waals surface area contributed by atoms with Crippen LogP contribution in [0.15, 0.2) is 0 Å². The molecule has 1 fully saturated rings. The van der Waals surface area contributed by atoms with Gasteiger partial charge in [0.05, 0.1) is 12.7 Å². The Morgan fingerprint density at radius 2 is 2.44 bits per heavy atom. The number of hydrogen-bond donors (Lipinski definition) is 0. The third kappa shape index (κ3) is 3.93. The van der Waals surface area contributed by atoms with Crippen molar-refractivity contribution >= 4 is 7.69 Å². The second-order valence-electron chi connectivity index (χ2n) is 1.98. The van der Waals surface area contributed by atoms with E-state index in [1.807, 2.05) is 0 Å². The zero-order chi connectivity index (χ0) is 5.82. The maximum atomic E-state index is 5.05. The molecule has 1 unspecified atom stereocenters. The van der Waals surface area contributed by atoms with Gasteiger partial charge in [-0.1, -0.05) is 13.3 Å². The van der Waals surface area contributed by atoms with Gasteiger partial charge in [0.15, 0.2) is 0 Å². The van der Waals surface area contributed by atoms with Crippen LogP contribution in [0.3, 0.4) is 0 Å². The second-order valence-corrected chi connectivity index (χ2v) is 1.98. The van der Waals surface area contributed by atoms with E-state index in [0.29, 0.717) is 6.10 Å². The van der Waals surface area contributed by atoms with E-state index in [4.69, 9.17) is 9.31 Å². The molecule has 0 spiro atoms. The van der Waals surface area contributed by atoms with Crippen LogP contribution in [-0.2, 0) is 9.31 Å². The number of hydrogen-bond acceptors (Lipinski definition) is 2. The van der Waals surface area contributed by atoms with Crippen LogP contribution in [0.25, 0.3) is 0 Å². The zero-order valence-corrected chi connectivity index (χ0v) is 8.73. The van der Waals surface area contributed by atoms with Crippen molar-refractivity contribution in [2.24, 2.45) is 0 Å². The van der Waals surface area contributed by atoms with Crippen molar-refractivity contribution in [3.8, 4) is 0 Å². The Kier molecular flexibility index (Phi) is 7.02. The molecule has 0 saturated carbocycles. The van der Waals surface area contributed by atoms with Gasteiger partial charge in [-0.3, -0.25) is 0 Å². The summed E-state index contributed by atoms with van der Waals surface area (Å²) in [4.78, 5) is 0. The molecule has 1 aliphatic heterocycles. The Hall–Kier alpha value is 1.36. The fraction of sp³-hybridized carbons (Fsp3) is 1.00. The molecule has 0 aromatic rings. The van der Waals surface area contributed by atoms with Crippen LogP contribution in [0.1, 0.15) is 19.8 Å². The van der Waals surface area contributed by atoms with Crippen LogP contribution in [0.2, 0.25) is 0 Å². The molecule has 9 heavy (non-hydrogen) atoms. The zero-order valence-electron chi connectivity index (χ0n) is 5.59. The van der Waals surface area contributed by atoms with Gasteiger partial charge in [0.1, 0.15) is 0 Å². The molecule has 1 rings (SSSR count). The molecule has 0 aromatic carbocycles. The standard InChI is InChI=1S/C5H10BO2.Ce/c1-2-3-5-4-7-6-8-5;/h5H,2-4H2,1H3;. The van der Waals surface area contributed by atoms with Crippen molar-refractivity contribution in [3.63, 3.8) is 0 Å². The van der Waals surface area contributed by atoms with Crippen molar-refractivity contribution in [2.75, 3.05) is 6.61 Å². The van der Waals surface area contributed by atoms with E-state index in [1.165, 1.54) is 14.1 Å². The normalized spacial score (nSPS) is 24.8. The maximum absolute atomic E-state index is 5.05. The molecule has 1 saturated heterocycles. The van der Waals surface area contributed by atoms with E-state index in [2.05, 4.69) is 6.92 Å². The predicted molar refractivity (Wildman–Crippen MR) is 31.5 cm³/mol. The Labute approximate surface area is 90.4 Å². The van der Waals surface area contributed by atoms with Gasteiger partial charge in [-0.15, -0.1) is 0 Å². The predicted octanol–water partition coefficient (Wildman–Crippen LogP) is 0.736. The molecule has 0 bridgehead atoms. The molecule has 4 heteroatoms. The average Bonchev–Trinajstić information content (AvgIpc) is 2.19. The molecular weight excluding hydrogens is 243 g/mol. The van der Waals surface area contributed by atoms with Gasteiger partial charge in [-0.25, -0.2) is 0 Å². The summed E-state index contributed by atoms with van der Waals surface area (Å²) < 4.78 is 9.91. The first-order valence-corrected chi connectivity index (χ1v) is 3.02. The summed E-state index contributed by atoms with van der Waals surface area (Å²) in [6.07, 6.45) is 2.61. The van der Waals surface area contributed by atoms with E-state index in [1.54, 1.807) is 0 Å². The van der Waals surface area contributed by atoms with Gasteiger partial charge in [-0.2, -0.15) is 0 Å². The van der Waals surface area contributed by atoms with Gasteiger partial charge in [0.2, 0.25) is 0 Å². The van der Waals surface area contributed by atoms with E-state index >= 15 is 0 Å². The summed E-state index contributed by atoms with van der Waals surface area (Å²) in [5.41, 5.74) is 0. The molecular formula is C5H10BCeO2. The number of rotatable bonds is 2. The SMILES string of the molecule is CCCC1CO[B]O1.[Ce]. The van der Waals surface area contributed by atoms with Crippen LogP contribution < -0.4 is 0 Å². The molecule has 1 radical (unpaired) electrons. The summed E-state index contributed by atoms with van der Waals surface area (Å²) in [5.74, 6) is 0. The van der Waals surface area contributed by atoms with Gasteiger partial charge in [0.25, 0.3) is 0 Å². The molecule has 2 nitrogen and oxygen atoms in total. The largest absolute Gasteiger partial charge is 0.488 e. The molecule has 1 aliphatic rings. The smallest absolute Gasteiger partial charge is 0.411 e. The average molecular weight is 253 g/mol. The third-order valence-electron chi connectivity index (χ3n) is 1.21. The summed E-state index contributed by atoms with van der Waals surface area (Å²) in [5, 5.41) is 0. The molecule has 0 aliphatic carbocycles. The van der Waals surface area contributed by atoms with Gasteiger partial charge >= 0.3 is 7.69 Å².